The molecule has 0 aliphatic carbocycles. The topological polar surface area (TPSA) is 52.6 Å². The maximum atomic E-state index is 11.0. The Morgan fingerprint density at radius 2 is 2.15 bits per heavy atom. The van der Waals surface area contributed by atoms with Gasteiger partial charge in [-0.2, -0.15) is 0 Å². The summed E-state index contributed by atoms with van der Waals surface area (Å²) in [5.74, 6) is -1.11. The molecular formula is C9H13O4. The molecule has 13 heavy (non-hydrogen) atoms. The van der Waals surface area contributed by atoms with E-state index in [2.05, 4.69) is 16.1 Å². The second kappa shape index (κ2) is 6.22. The number of carbonyl (C=O) groups is 2. The Balaban J connectivity index is 3.81. The van der Waals surface area contributed by atoms with Gasteiger partial charge in [0.1, 0.15) is 6.61 Å². The minimum absolute atomic E-state index is 0.122. The molecule has 0 spiro atoms. The van der Waals surface area contributed by atoms with Crippen LogP contribution in [0.4, 0.5) is 0 Å². The van der Waals surface area contributed by atoms with Crippen LogP contribution in [-0.4, -0.2) is 24.6 Å². The molecule has 0 N–H and O–H groups in total. The number of esters is 2. The largest absolute Gasteiger partial charge is 0.459 e. The predicted octanol–water partition coefficient (Wildman–Crippen LogP) is 0.871. The lowest BCUT2D eigenvalue weighted by Gasteiger charge is -2.10. The smallest absolute Gasteiger partial charge is 0.347 e. The molecule has 0 aliphatic heterocycles. The highest BCUT2D eigenvalue weighted by molar-refractivity contribution is 5.82. The molecule has 0 aromatic heterocycles. The molecule has 0 saturated carbocycles. The standard InChI is InChI=1S/C9H13O4/c1-4-6-12-9(11)7(3)13-8(10)5-2/h4-5,7H,1,6H2,2-3H3. The first-order valence-electron chi connectivity index (χ1n) is 3.89. The summed E-state index contributed by atoms with van der Waals surface area (Å²) in [6.07, 6.45) is 1.80. The molecule has 1 unspecified atom stereocenters. The molecule has 0 bridgehead atoms. The molecule has 4 nitrogen and oxygen atoms in total. The predicted molar refractivity (Wildman–Crippen MR) is 46.7 cm³/mol. The van der Waals surface area contributed by atoms with E-state index >= 15 is 0 Å². The van der Waals surface area contributed by atoms with Crippen molar-refractivity contribution >= 4 is 11.9 Å². The maximum Gasteiger partial charge on any atom is 0.347 e. The first-order chi connectivity index (χ1) is 6.11. The van der Waals surface area contributed by atoms with Crippen molar-refractivity contribution in [2.45, 2.75) is 20.0 Å². The molecule has 0 amide bonds. The maximum absolute atomic E-state index is 11.0. The van der Waals surface area contributed by atoms with Gasteiger partial charge in [0.2, 0.25) is 0 Å². The van der Waals surface area contributed by atoms with Crippen molar-refractivity contribution < 1.29 is 19.1 Å². The fourth-order valence-electron chi connectivity index (χ4n) is 0.549. The van der Waals surface area contributed by atoms with Gasteiger partial charge < -0.3 is 9.47 Å². The van der Waals surface area contributed by atoms with E-state index in [9.17, 15) is 9.59 Å². The van der Waals surface area contributed by atoms with Gasteiger partial charge in [-0.1, -0.05) is 19.6 Å². The number of rotatable bonds is 5. The van der Waals surface area contributed by atoms with Crippen molar-refractivity contribution in [1.29, 1.82) is 0 Å². The highest BCUT2D eigenvalue weighted by Crippen LogP contribution is 1.96. The minimum Gasteiger partial charge on any atom is -0.459 e. The summed E-state index contributed by atoms with van der Waals surface area (Å²) in [6.45, 7) is 6.48. The van der Waals surface area contributed by atoms with E-state index in [0.717, 1.165) is 0 Å². The molecule has 0 aromatic rings. The van der Waals surface area contributed by atoms with Gasteiger partial charge in [0.25, 0.3) is 0 Å². The Labute approximate surface area is 77.5 Å². The Hall–Kier alpha value is -1.32. The third-order valence-electron chi connectivity index (χ3n) is 1.20. The molecular weight excluding hydrogens is 172 g/mol. The van der Waals surface area contributed by atoms with E-state index in [1.807, 2.05) is 0 Å². The van der Waals surface area contributed by atoms with Crippen LogP contribution in [0.2, 0.25) is 0 Å². The second-order valence-corrected chi connectivity index (χ2v) is 2.29. The zero-order valence-electron chi connectivity index (χ0n) is 7.78. The van der Waals surface area contributed by atoms with Gasteiger partial charge in [0, 0.05) is 0 Å². The zero-order valence-corrected chi connectivity index (χ0v) is 7.78. The van der Waals surface area contributed by atoms with E-state index in [0.29, 0.717) is 0 Å². The van der Waals surface area contributed by atoms with Crippen LogP contribution in [0.25, 0.3) is 0 Å². The average molecular weight is 185 g/mol. The Morgan fingerprint density at radius 1 is 1.54 bits per heavy atom. The van der Waals surface area contributed by atoms with Gasteiger partial charge in [0.15, 0.2) is 6.10 Å². The molecule has 0 aromatic carbocycles. The summed E-state index contributed by atoms with van der Waals surface area (Å²) in [4.78, 5) is 21.7. The first-order valence-corrected chi connectivity index (χ1v) is 3.89. The zero-order chi connectivity index (χ0) is 10.3. The number of hydrogen-bond donors (Lipinski definition) is 0. The molecule has 4 heteroatoms. The van der Waals surface area contributed by atoms with Crippen molar-refractivity contribution in [2.75, 3.05) is 6.61 Å². The van der Waals surface area contributed by atoms with E-state index in [1.165, 1.54) is 26.3 Å². The fourth-order valence-corrected chi connectivity index (χ4v) is 0.549. The van der Waals surface area contributed by atoms with Crippen LogP contribution in [-0.2, 0) is 19.1 Å². The minimum atomic E-state index is -0.872. The lowest BCUT2D eigenvalue weighted by Crippen LogP contribution is -2.26. The molecule has 1 radical (unpaired) electrons. The van der Waals surface area contributed by atoms with Crippen LogP contribution in [0, 0.1) is 6.42 Å². The summed E-state index contributed by atoms with van der Waals surface area (Å²) in [5, 5.41) is 0. The van der Waals surface area contributed by atoms with Gasteiger partial charge in [-0.25, -0.2) is 4.79 Å². The van der Waals surface area contributed by atoms with Crippen molar-refractivity contribution in [1.82, 2.24) is 0 Å². The number of carbonyl (C=O) groups excluding carboxylic acids is 2. The van der Waals surface area contributed by atoms with Crippen LogP contribution >= 0.6 is 0 Å². The Bertz CT molecular complexity index is 198. The summed E-state index contributed by atoms with van der Waals surface area (Å²) in [6, 6.07) is 0. The normalized spacial score (nSPS) is 11.5. The fraction of sp³-hybridized carbons (Fsp3) is 0.444. The van der Waals surface area contributed by atoms with Gasteiger partial charge in [-0.15, -0.1) is 0 Å². The van der Waals surface area contributed by atoms with Gasteiger partial charge in [0.05, 0.1) is 6.42 Å². The second-order valence-electron chi connectivity index (χ2n) is 2.29. The summed E-state index contributed by atoms with van der Waals surface area (Å²) < 4.78 is 9.31. The summed E-state index contributed by atoms with van der Waals surface area (Å²) in [5.41, 5.74) is 0. The van der Waals surface area contributed by atoms with Crippen LogP contribution < -0.4 is 0 Å². The Kier molecular flexibility index (Phi) is 5.59. The summed E-state index contributed by atoms with van der Waals surface area (Å²) >= 11 is 0. The van der Waals surface area contributed by atoms with Crippen LogP contribution in [0.5, 0.6) is 0 Å². The lowest BCUT2D eigenvalue weighted by atomic mass is 10.4. The number of ether oxygens (including phenoxy) is 2. The average Bonchev–Trinajstić information content (AvgIpc) is 2.13. The van der Waals surface area contributed by atoms with E-state index in [-0.39, 0.29) is 6.61 Å². The highest BCUT2D eigenvalue weighted by atomic mass is 16.6. The molecule has 0 saturated heterocycles. The monoisotopic (exact) mass is 185 g/mol. The molecule has 0 fully saturated rings. The van der Waals surface area contributed by atoms with Crippen molar-refractivity contribution in [3.8, 4) is 0 Å². The Morgan fingerprint density at radius 3 is 2.62 bits per heavy atom. The quantitative estimate of drug-likeness (QED) is 0.471. The van der Waals surface area contributed by atoms with Crippen molar-refractivity contribution in [3.63, 3.8) is 0 Å². The van der Waals surface area contributed by atoms with Crippen LogP contribution in [0.15, 0.2) is 12.7 Å². The third-order valence-corrected chi connectivity index (χ3v) is 1.20. The van der Waals surface area contributed by atoms with Gasteiger partial charge >= 0.3 is 11.9 Å². The van der Waals surface area contributed by atoms with Crippen molar-refractivity contribution in [2.24, 2.45) is 0 Å². The highest BCUT2D eigenvalue weighted by Gasteiger charge is 2.17. The molecule has 73 valence electrons. The van der Waals surface area contributed by atoms with E-state index in [1.54, 1.807) is 0 Å². The molecule has 0 heterocycles. The van der Waals surface area contributed by atoms with Gasteiger partial charge in [-0.3, -0.25) is 4.79 Å². The molecule has 0 aliphatic rings. The van der Waals surface area contributed by atoms with Crippen molar-refractivity contribution in [3.05, 3.63) is 19.1 Å². The molecule has 0 rings (SSSR count). The summed E-state index contributed by atoms with van der Waals surface area (Å²) in [7, 11) is 0. The van der Waals surface area contributed by atoms with Crippen LogP contribution in [0.3, 0.4) is 0 Å². The van der Waals surface area contributed by atoms with Crippen LogP contribution in [0.1, 0.15) is 13.8 Å². The number of hydrogen-bond acceptors (Lipinski definition) is 4. The first kappa shape index (κ1) is 11.7. The molecule has 1 atom stereocenters. The van der Waals surface area contributed by atoms with E-state index in [4.69, 9.17) is 0 Å². The van der Waals surface area contributed by atoms with Gasteiger partial charge in [-0.05, 0) is 6.92 Å². The lowest BCUT2D eigenvalue weighted by molar-refractivity contribution is -0.163. The SMILES string of the molecule is C=CCOC(=O)C(C)OC(=O)[CH]C. The van der Waals surface area contributed by atoms with E-state index < -0.39 is 18.0 Å². The third kappa shape index (κ3) is 5.00.